The molecule has 2 aromatic heterocycles. The van der Waals surface area contributed by atoms with Gasteiger partial charge in [-0.2, -0.15) is 13.2 Å². The summed E-state index contributed by atoms with van der Waals surface area (Å²) < 4.78 is 56.6. The number of benzene rings is 2. The van der Waals surface area contributed by atoms with Gasteiger partial charge in [0.05, 0.1) is 5.92 Å². The van der Waals surface area contributed by atoms with Gasteiger partial charge in [0, 0.05) is 55.5 Å². The summed E-state index contributed by atoms with van der Waals surface area (Å²) in [6, 6.07) is 11.0. The summed E-state index contributed by atoms with van der Waals surface area (Å²) in [6.07, 6.45) is 2.82. The predicted octanol–water partition coefficient (Wildman–Crippen LogP) is 4.78. The number of aromatic amines is 1. The Balaban J connectivity index is 1.13. The Bertz CT molecular complexity index is 1280. The quantitative estimate of drug-likeness (QED) is 0.354. The Labute approximate surface area is 206 Å². The van der Waals surface area contributed by atoms with E-state index in [9.17, 15) is 17.6 Å². The molecule has 4 aromatic rings. The van der Waals surface area contributed by atoms with Crippen LogP contribution in [0, 0.1) is 5.82 Å². The smallest absolute Gasteiger partial charge is 0.361 e. The van der Waals surface area contributed by atoms with Crippen molar-refractivity contribution in [2.45, 2.75) is 24.9 Å². The fourth-order valence-electron chi connectivity index (χ4n) is 4.94. The van der Waals surface area contributed by atoms with Gasteiger partial charge >= 0.3 is 6.18 Å². The molecule has 0 radical (unpaired) electrons. The normalized spacial score (nSPS) is 16.6. The average molecular weight is 501 g/mol. The van der Waals surface area contributed by atoms with Crippen LogP contribution < -0.4 is 0 Å². The van der Waals surface area contributed by atoms with E-state index in [1.54, 1.807) is 12.7 Å². The molecule has 1 unspecified atom stereocenters. The highest BCUT2D eigenvalue weighted by atomic mass is 19.4. The summed E-state index contributed by atoms with van der Waals surface area (Å²) in [7, 11) is 0. The molecule has 0 spiro atoms. The molecule has 0 bridgehead atoms. The van der Waals surface area contributed by atoms with E-state index in [1.165, 1.54) is 29.1 Å². The molecule has 0 saturated carbocycles. The number of piperazine rings is 1. The molecular formula is C26H28F4N6. The fourth-order valence-corrected chi connectivity index (χ4v) is 4.94. The molecule has 36 heavy (non-hydrogen) atoms. The monoisotopic (exact) mass is 500 g/mol. The van der Waals surface area contributed by atoms with Gasteiger partial charge < -0.3 is 9.88 Å². The number of alkyl halides is 3. The van der Waals surface area contributed by atoms with Crippen molar-refractivity contribution in [2.75, 3.05) is 39.3 Å². The molecule has 1 aliphatic rings. The average Bonchev–Trinajstić information content (AvgIpc) is 3.53. The number of aromatic nitrogens is 4. The molecule has 0 amide bonds. The molecule has 2 aromatic carbocycles. The Morgan fingerprint density at radius 3 is 2.42 bits per heavy atom. The zero-order chi connectivity index (χ0) is 25.1. The van der Waals surface area contributed by atoms with Gasteiger partial charge in [0.15, 0.2) is 0 Å². The molecule has 1 aliphatic heterocycles. The first-order chi connectivity index (χ1) is 17.4. The van der Waals surface area contributed by atoms with Gasteiger partial charge in [0.25, 0.3) is 0 Å². The maximum atomic E-state index is 13.7. The van der Waals surface area contributed by atoms with Crippen molar-refractivity contribution in [3.63, 3.8) is 0 Å². The number of hydrogen-bond acceptors (Lipinski definition) is 4. The zero-order valence-corrected chi connectivity index (χ0v) is 19.8. The van der Waals surface area contributed by atoms with Crippen molar-refractivity contribution in [1.29, 1.82) is 0 Å². The minimum absolute atomic E-state index is 0.0175. The van der Waals surface area contributed by atoms with E-state index in [1.807, 2.05) is 27.8 Å². The van der Waals surface area contributed by atoms with Crippen molar-refractivity contribution < 1.29 is 17.6 Å². The Hall–Kier alpha value is -3.24. The summed E-state index contributed by atoms with van der Waals surface area (Å²) in [5.74, 6) is -2.33. The first-order valence-corrected chi connectivity index (χ1v) is 12.1. The third-order valence-corrected chi connectivity index (χ3v) is 6.94. The molecule has 3 heterocycles. The van der Waals surface area contributed by atoms with Crippen LogP contribution in [0.3, 0.4) is 0 Å². The van der Waals surface area contributed by atoms with Crippen LogP contribution in [0.25, 0.3) is 16.6 Å². The van der Waals surface area contributed by atoms with Crippen LogP contribution in [0.4, 0.5) is 17.6 Å². The molecule has 1 N–H and O–H groups in total. The zero-order valence-electron chi connectivity index (χ0n) is 19.8. The van der Waals surface area contributed by atoms with Gasteiger partial charge in [-0.3, -0.25) is 9.47 Å². The lowest BCUT2D eigenvalue weighted by molar-refractivity contribution is -0.155. The standard InChI is InChI=1S/C26H28F4N6/c27-21-5-1-3-19(13-21)24(26(28,29)30)16-35-11-9-34(10-12-35)8-2-4-20-15-31-25-7-6-22(14-23(20)25)36-17-32-33-18-36/h1,3,5-7,13-15,17-18,24,31H,2,4,8-12,16H2. The second kappa shape index (κ2) is 10.4. The van der Waals surface area contributed by atoms with Gasteiger partial charge in [-0.15, -0.1) is 10.2 Å². The SMILES string of the molecule is Fc1cccc(C(CN2CCN(CCCc3c[nH]c4ccc(-n5cnnc5)cc34)CC2)C(F)(F)F)c1. The van der Waals surface area contributed by atoms with E-state index in [0.717, 1.165) is 49.7 Å². The minimum atomic E-state index is -4.42. The topological polar surface area (TPSA) is 53.0 Å². The summed E-state index contributed by atoms with van der Waals surface area (Å²) >= 11 is 0. The van der Waals surface area contributed by atoms with E-state index >= 15 is 0 Å². The Morgan fingerprint density at radius 2 is 1.69 bits per heavy atom. The molecule has 5 rings (SSSR count). The van der Waals surface area contributed by atoms with Gasteiger partial charge in [0.2, 0.25) is 0 Å². The predicted molar refractivity (Wildman–Crippen MR) is 130 cm³/mol. The summed E-state index contributed by atoms with van der Waals surface area (Å²) in [4.78, 5) is 7.47. The third-order valence-electron chi connectivity index (χ3n) is 6.94. The van der Waals surface area contributed by atoms with Gasteiger partial charge in [-0.25, -0.2) is 4.39 Å². The van der Waals surface area contributed by atoms with Crippen molar-refractivity contribution in [2.24, 2.45) is 0 Å². The highest BCUT2D eigenvalue weighted by Crippen LogP contribution is 2.36. The van der Waals surface area contributed by atoms with Crippen LogP contribution in [0.1, 0.15) is 23.5 Å². The lowest BCUT2D eigenvalue weighted by Crippen LogP contribution is -2.48. The fraction of sp³-hybridized carbons (Fsp3) is 0.385. The van der Waals surface area contributed by atoms with Crippen molar-refractivity contribution in [3.8, 4) is 5.69 Å². The van der Waals surface area contributed by atoms with Crippen molar-refractivity contribution in [1.82, 2.24) is 29.5 Å². The molecule has 1 saturated heterocycles. The maximum Gasteiger partial charge on any atom is 0.396 e. The number of halogens is 4. The van der Waals surface area contributed by atoms with Gasteiger partial charge in [0.1, 0.15) is 18.5 Å². The second-order valence-electron chi connectivity index (χ2n) is 9.31. The number of rotatable bonds is 8. The summed E-state index contributed by atoms with van der Waals surface area (Å²) in [5, 5.41) is 8.90. The maximum absolute atomic E-state index is 13.7. The van der Waals surface area contributed by atoms with Crippen LogP contribution in [0.15, 0.2) is 61.3 Å². The van der Waals surface area contributed by atoms with Gasteiger partial charge in [-0.1, -0.05) is 12.1 Å². The molecule has 10 heteroatoms. The first-order valence-electron chi connectivity index (χ1n) is 12.1. The lowest BCUT2D eigenvalue weighted by Gasteiger charge is -2.37. The molecule has 190 valence electrons. The lowest BCUT2D eigenvalue weighted by atomic mass is 9.97. The van der Waals surface area contributed by atoms with Crippen molar-refractivity contribution in [3.05, 3.63) is 78.3 Å². The number of nitrogens with zero attached hydrogens (tertiary/aromatic N) is 5. The van der Waals surface area contributed by atoms with E-state index in [0.29, 0.717) is 13.1 Å². The highest BCUT2D eigenvalue weighted by molar-refractivity contribution is 5.85. The van der Waals surface area contributed by atoms with E-state index in [2.05, 4.69) is 26.1 Å². The Kier molecular flexibility index (Phi) is 7.06. The minimum Gasteiger partial charge on any atom is -0.361 e. The summed E-state index contributed by atoms with van der Waals surface area (Å²) in [5.41, 5.74) is 3.30. The van der Waals surface area contributed by atoms with Gasteiger partial charge in [-0.05, 0) is 60.8 Å². The molecular weight excluding hydrogens is 472 g/mol. The third kappa shape index (κ3) is 5.60. The molecule has 6 nitrogen and oxygen atoms in total. The summed E-state index contributed by atoms with van der Waals surface area (Å²) in [6.45, 7) is 3.32. The Morgan fingerprint density at radius 1 is 0.944 bits per heavy atom. The molecule has 1 atom stereocenters. The number of fused-ring (bicyclic) bond motifs is 1. The second-order valence-corrected chi connectivity index (χ2v) is 9.31. The largest absolute Gasteiger partial charge is 0.396 e. The van der Waals surface area contributed by atoms with Crippen LogP contribution in [-0.2, 0) is 6.42 Å². The number of hydrogen-bond donors (Lipinski definition) is 1. The number of aryl methyl sites for hydroxylation is 1. The van der Waals surface area contributed by atoms with Crippen LogP contribution in [0.2, 0.25) is 0 Å². The number of nitrogens with one attached hydrogen (secondary N) is 1. The highest BCUT2D eigenvalue weighted by Gasteiger charge is 2.42. The van der Waals surface area contributed by atoms with E-state index < -0.39 is 17.9 Å². The first kappa shape index (κ1) is 24.5. The van der Waals surface area contributed by atoms with E-state index in [4.69, 9.17) is 0 Å². The van der Waals surface area contributed by atoms with E-state index in [-0.39, 0.29) is 12.1 Å². The number of H-pyrrole nitrogens is 1. The van der Waals surface area contributed by atoms with Crippen LogP contribution in [-0.4, -0.2) is 75.0 Å². The molecule has 0 aliphatic carbocycles. The van der Waals surface area contributed by atoms with Crippen LogP contribution >= 0.6 is 0 Å². The van der Waals surface area contributed by atoms with Crippen molar-refractivity contribution >= 4 is 10.9 Å². The van der Waals surface area contributed by atoms with Crippen LogP contribution in [0.5, 0.6) is 0 Å². The molecule has 1 fully saturated rings.